The van der Waals surface area contributed by atoms with Crippen molar-refractivity contribution in [1.29, 1.82) is 0 Å². The van der Waals surface area contributed by atoms with Crippen molar-refractivity contribution in [2.24, 2.45) is 4.99 Å². The van der Waals surface area contributed by atoms with Crippen LogP contribution in [0.5, 0.6) is 5.88 Å². The van der Waals surface area contributed by atoms with E-state index < -0.39 is 0 Å². The van der Waals surface area contributed by atoms with Gasteiger partial charge in [0.25, 0.3) is 0 Å². The van der Waals surface area contributed by atoms with Crippen LogP contribution >= 0.6 is 23.6 Å². The van der Waals surface area contributed by atoms with E-state index in [1.54, 1.807) is 4.57 Å². The SMILES string of the molecule is CC1=Nc2ccc(C)cc2/C1=C/c1sc(=S)n(-c2cccc(C)c2)c1O. The number of aromatic hydroxyl groups is 1. The van der Waals surface area contributed by atoms with Crippen LogP contribution in [0.25, 0.3) is 17.3 Å². The van der Waals surface area contributed by atoms with Gasteiger partial charge in [-0.25, -0.2) is 0 Å². The third-order valence-electron chi connectivity index (χ3n) is 4.47. The average Bonchev–Trinajstić information content (AvgIpc) is 3.04. The fourth-order valence-electron chi connectivity index (χ4n) is 3.18. The summed E-state index contributed by atoms with van der Waals surface area (Å²) in [7, 11) is 0. The molecule has 0 amide bonds. The zero-order chi connectivity index (χ0) is 18.4. The van der Waals surface area contributed by atoms with Crippen LogP contribution in [0.4, 0.5) is 5.69 Å². The predicted molar refractivity (Wildman–Crippen MR) is 113 cm³/mol. The molecule has 0 atom stereocenters. The number of hydrogen-bond donors (Lipinski definition) is 1. The molecule has 1 aliphatic rings. The van der Waals surface area contributed by atoms with Crippen LogP contribution in [0.3, 0.4) is 0 Å². The van der Waals surface area contributed by atoms with E-state index in [9.17, 15) is 5.11 Å². The molecule has 4 rings (SSSR count). The minimum Gasteiger partial charge on any atom is -0.493 e. The number of nitrogens with zero attached hydrogens (tertiary/aromatic N) is 2. The Morgan fingerprint density at radius 2 is 1.85 bits per heavy atom. The second kappa shape index (κ2) is 6.34. The molecule has 0 radical (unpaired) electrons. The lowest BCUT2D eigenvalue weighted by atomic mass is 10.0. The maximum absolute atomic E-state index is 10.8. The summed E-state index contributed by atoms with van der Waals surface area (Å²) < 4.78 is 2.34. The molecule has 0 bridgehead atoms. The highest BCUT2D eigenvalue weighted by Gasteiger charge is 2.20. The van der Waals surface area contributed by atoms with Gasteiger partial charge in [0.05, 0.1) is 16.3 Å². The summed E-state index contributed by atoms with van der Waals surface area (Å²) in [4.78, 5) is 5.38. The zero-order valence-electron chi connectivity index (χ0n) is 14.8. The first-order valence-electron chi connectivity index (χ1n) is 8.34. The summed E-state index contributed by atoms with van der Waals surface area (Å²) in [5, 5.41) is 10.8. The van der Waals surface area contributed by atoms with Gasteiger partial charge in [0.2, 0.25) is 5.88 Å². The lowest BCUT2D eigenvalue weighted by Crippen LogP contribution is -1.94. The fraction of sp³-hybridized carbons (Fsp3) is 0.143. The molecule has 0 aliphatic carbocycles. The summed E-state index contributed by atoms with van der Waals surface area (Å²) >= 11 is 6.92. The molecule has 0 saturated heterocycles. The number of aryl methyl sites for hydroxylation is 2. The van der Waals surface area contributed by atoms with Gasteiger partial charge in [-0.2, -0.15) is 0 Å². The van der Waals surface area contributed by atoms with E-state index in [1.807, 2.05) is 50.3 Å². The van der Waals surface area contributed by atoms with Crippen molar-refractivity contribution in [3.05, 3.63) is 68.0 Å². The lowest BCUT2D eigenvalue weighted by Gasteiger charge is -2.06. The van der Waals surface area contributed by atoms with Gasteiger partial charge < -0.3 is 5.11 Å². The number of fused-ring (bicyclic) bond motifs is 1. The van der Waals surface area contributed by atoms with E-state index >= 15 is 0 Å². The van der Waals surface area contributed by atoms with Crippen LogP contribution in [-0.4, -0.2) is 15.4 Å². The van der Waals surface area contributed by atoms with Crippen molar-refractivity contribution in [2.45, 2.75) is 20.8 Å². The van der Waals surface area contributed by atoms with Gasteiger partial charge in [0.15, 0.2) is 3.95 Å². The summed E-state index contributed by atoms with van der Waals surface area (Å²) in [5.74, 6) is 0.173. The second-order valence-electron chi connectivity index (χ2n) is 6.51. The Hall–Kier alpha value is -2.50. The number of thiazole rings is 1. The van der Waals surface area contributed by atoms with E-state index in [0.717, 1.165) is 38.7 Å². The first kappa shape index (κ1) is 16.9. The fourth-order valence-corrected chi connectivity index (χ4v) is 4.47. The molecule has 3 aromatic rings. The molecule has 3 nitrogen and oxygen atoms in total. The van der Waals surface area contributed by atoms with Gasteiger partial charge in [0.1, 0.15) is 0 Å². The van der Waals surface area contributed by atoms with Crippen molar-refractivity contribution in [2.75, 3.05) is 0 Å². The highest BCUT2D eigenvalue weighted by atomic mass is 32.1. The first-order chi connectivity index (χ1) is 12.4. The maximum Gasteiger partial charge on any atom is 0.215 e. The van der Waals surface area contributed by atoms with Gasteiger partial charge in [-0.3, -0.25) is 9.56 Å². The summed E-state index contributed by atoms with van der Waals surface area (Å²) in [6.07, 6.45) is 1.99. The van der Waals surface area contributed by atoms with Crippen molar-refractivity contribution in [3.8, 4) is 11.6 Å². The van der Waals surface area contributed by atoms with E-state index in [2.05, 4.69) is 24.0 Å². The molecule has 130 valence electrons. The molecule has 5 heteroatoms. The Morgan fingerprint density at radius 1 is 1.08 bits per heavy atom. The molecule has 1 aliphatic heterocycles. The van der Waals surface area contributed by atoms with Crippen molar-refractivity contribution in [3.63, 3.8) is 0 Å². The number of aliphatic imine (C=N–C) groups is 1. The van der Waals surface area contributed by atoms with Crippen LogP contribution in [-0.2, 0) is 0 Å². The largest absolute Gasteiger partial charge is 0.493 e. The summed E-state index contributed by atoms with van der Waals surface area (Å²) in [5.41, 5.74) is 7.25. The molecule has 1 aromatic heterocycles. The van der Waals surface area contributed by atoms with E-state index in [0.29, 0.717) is 3.95 Å². The number of hydrogen-bond acceptors (Lipinski definition) is 4. The molecular formula is C21H18N2OS2. The molecule has 0 spiro atoms. The monoisotopic (exact) mass is 378 g/mol. The molecular weight excluding hydrogens is 360 g/mol. The van der Waals surface area contributed by atoms with E-state index in [4.69, 9.17) is 12.2 Å². The lowest BCUT2D eigenvalue weighted by molar-refractivity contribution is 0.441. The third kappa shape index (κ3) is 2.83. The molecule has 0 unspecified atom stereocenters. The van der Waals surface area contributed by atoms with Gasteiger partial charge in [0, 0.05) is 16.8 Å². The molecule has 2 aromatic carbocycles. The number of allylic oxidation sites excluding steroid dienone is 1. The quantitative estimate of drug-likeness (QED) is 0.536. The Balaban J connectivity index is 1.86. The second-order valence-corrected chi connectivity index (χ2v) is 8.18. The highest BCUT2D eigenvalue weighted by molar-refractivity contribution is 7.73. The molecule has 1 N–H and O–H groups in total. The van der Waals surface area contributed by atoms with Crippen LogP contribution in [0.2, 0.25) is 0 Å². The molecule has 2 heterocycles. The Bertz CT molecular complexity index is 1150. The molecule has 26 heavy (non-hydrogen) atoms. The van der Waals surface area contributed by atoms with Crippen molar-refractivity contribution < 1.29 is 5.11 Å². The van der Waals surface area contributed by atoms with Crippen LogP contribution in [0.1, 0.15) is 28.5 Å². The van der Waals surface area contributed by atoms with Gasteiger partial charge in [-0.15, -0.1) is 11.3 Å². The van der Waals surface area contributed by atoms with Crippen LogP contribution in [0.15, 0.2) is 47.5 Å². The predicted octanol–water partition coefficient (Wildman–Crippen LogP) is 6.24. The maximum atomic E-state index is 10.8. The third-order valence-corrected chi connectivity index (χ3v) is 5.78. The van der Waals surface area contributed by atoms with Crippen LogP contribution < -0.4 is 0 Å². The topological polar surface area (TPSA) is 37.5 Å². The van der Waals surface area contributed by atoms with Gasteiger partial charge >= 0.3 is 0 Å². The minimum atomic E-state index is 0.173. The summed E-state index contributed by atoms with van der Waals surface area (Å²) in [6.45, 7) is 6.09. The van der Waals surface area contributed by atoms with Crippen LogP contribution in [0, 0.1) is 17.8 Å². The van der Waals surface area contributed by atoms with Crippen molar-refractivity contribution >= 4 is 46.6 Å². The highest BCUT2D eigenvalue weighted by Crippen LogP contribution is 2.39. The Kier molecular flexibility index (Phi) is 4.13. The first-order valence-corrected chi connectivity index (χ1v) is 9.57. The Labute approximate surface area is 161 Å². The molecule has 0 saturated carbocycles. The van der Waals surface area contributed by atoms with Crippen molar-refractivity contribution in [1.82, 2.24) is 4.57 Å². The number of rotatable bonds is 2. The Morgan fingerprint density at radius 3 is 2.62 bits per heavy atom. The van der Waals surface area contributed by atoms with E-state index in [1.165, 1.54) is 16.9 Å². The van der Waals surface area contributed by atoms with Gasteiger partial charge in [-0.1, -0.05) is 23.8 Å². The smallest absolute Gasteiger partial charge is 0.215 e. The minimum absolute atomic E-state index is 0.173. The molecule has 0 fully saturated rings. The van der Waals surface area contributed by atoms with E-state index in [-0.39, 0.29) is 5.88 Å². The number of benzene rings is 2. The average molecular weight is 379 g/mol. The standard InChI is InChI=1S/C21H18N2OS2/c1-12-5-4-6-15(9-12)23-20(24)19(26-21(23)25)11-16-14(3)22-18-8-7-13(2)10-17(16)18/h4-11,24H,1-3H3/b16-11+. The normalized spacial score (nSPS) is 14.6. The number of aromatic nitrogens is 1. The van der Waals surface area contributed by atoms with Gasteiger partial charge in [-0.05, 0) is 68.9 Å². The summed E-state index contributed by atoms with van der Waals surface area (Å²) in [6, 6.07) is 14.2. The zero-order valence-corrected chi connectivity index (χ0v) is 16.4.